The van der Waals surface area contributed by atoms with Crippen LogP contribution in [0, 0.1) is 0 Å². The largest absolute Gasteiger partial charge is 0.416 e. The lowest BCUT2D eigenvalue weighted by atomic mass is 10.0. The highest BCUT2D eigenvalue weighted by Crippen LogP contribution is 2.34. The van der Waals surface area contributed by atoms with Crippen LogP contribution in [0.2, 0.25) is 0 Å². The van der Waals surface area contributed by atoms with Gasteiger partial charge in [-0.25, -0.2) is 4.79 Å². The molecule has 23 heavy (non-hydrogen) atoms. The molecule has 2 amide bonds. The number of anilines is 1. The van der Waals surface area contributed by atoms with Crippen molar-refractivity contribution in [2.24, 2.45) is 5.73 Å². The summed E-state index contributed by atoms with van der Waals surface area (Å²) in [6.07, 6.45) is -4.42. The number of likely N-dealkylation sites (N-methyl/N-ethyl adjacent to an activating group) is 1. The van der Waals surface area contributed by atoms with E-state index in [1.807, 2.05) is 4.90 Å². The Kier molecular flexibility index (Phi) is 5.48. The fourth-order valence-electron chi connectivity index (χ4n) is 2.73. The second-order valence-electron chi connectivity index (χ2n) is 5.57. The first kappa shape index (κ1) is 17.6. The number of urea groups is 1. The highest BCUT2D eigenvalue weighted by Gasteiger charge is 2.34. The predicted octanol–water partition coefficient (Wildman–Crippen LogP) is 2.33. The highest BCUT2D eigenvalue weighted by atomic mass is 19.4. The van der Waals surface area contributed by atoms with Crippen LogP contribution in [0.15, 0.2) is 18.2 Å². The Morgan fingerprint density at radius 3 is 2.35 bits per heavy atom. The third-order valence-electron chi connectivity index (χ3n) is 3.98. The lowest BCUT2D eigenvalue weighted by Crippen LogP contribution is -2.45. The molecular formula is C15H21F3N4O. The number of hydrogen-bond acceptors (Lipinski definition) is 3. The molecule has 0 bridgehead atoms. The van der Waals surface area contributed by atoms with Crippen molar-refractivity contribution < 1.29 is 18.0 Å². The molecule has 1 aliphatic rings. The monoisotopic (exact) mass is 330 g/mol. The number of nitrogens with two attached hydrogens (primary N) is 1. The molecule has 0 atom stereocenters. The quantitative estimate of drug-likeness (QED) is 0.891. The van der Waals surface area contributed by atoms with Crippen LogP contribution in [0.5, 0.6) is 0 Å². The van der Waals surface area contributed by atoms with Gasteiger partial charge in [-0.15, -0.1) is 0 Å². The van der Waals surface area contributed by atoms with Crippen LogP contribution in [-0.4, -0.2) is 48.6 Å². The van der Waals surface area contributed by atoms with E-state index >= 15 is 0 Å². The van der Waals surface area contributed by atoms with Gasteiger partial charge >= 0.3 is 12.2 Å². The van der Waals surface area contributed by atoms with E-state index in [2.05, 4.69) is 17.1 Å². The number of nitrogens with zero attached hydrogens (tertiary/aromatic N) is 2. The minimum absolute atomic E-state index is 0.147. The average Bonchev–Trinajstić information content (AvgIpc) is 2.46. The SMILES string of the molecule is CCN1CCN(Cc2cc(NC(N)=O)ccc2C(F)(F)F)CC1. The zero-order valence-electron chi connectivity index (χ0n) is 13.0. The average molecular weight is 330 g/mol. The van der Waals surface area contributed by atoms with Crippen molar-refractivity contribution in [2.75, 3.05) is 38.0 Å². The van der Waals surface area contributed by atoms with Crippen molar-refractivity contribution in [2.45, 2.75) is 19.6 Å². The first-order valence-electron chi connectivity index (χ1n) is 7.51. The Morgan fingerprint density at radius 2 is 1.83 bits per heavy atom. The molecular weight excluding hydrogens is 309 g/mol. The van der Waals surface area contributed by atoms with Crippen LogP contribution in [0.3, 0.4) is 0 Å². The van der Waals surface area contributed by atoms with Crippen LogP contribution >= 0.6 is 0 Å². The summed E-state index contributed by atoms with van der Waals surface area (Å²) in [7, 11) is 0. The van der Waals surface area contributed by atoms with E-state index in [1.165, 1.54) is 12.1 Å². The van der Waals surface area contributed by atoms with E-state index in [9.17, 15) is 18.0 Å². The molecule has 0 saturated carbocycles. The maximum atomic E-state index is 13.2. The van der Waals surface area contributed by atoms with Crippen LogP contribution in [0.4, 0.5) is 23.7 Å². The van der Waals surface area contributed by atoms with Gasteiger partial charge in [-0.05, 0) is 30.3 Å². The summed E-state index contributed by atoms with van der Waals surface area (Å²) in [5, 5.41) is 2.32. The van der Waals surface area contributed by atoms with Crippen LogP contribution in [0.25, 0.3) is 0 Å². The van der Waals surface area contributed by atoms with Gasteiger partial charge in [-0.3, -0.25) is 4.90 Å². The smallest absolute Gasteiger partial charge is 0.351 e. The molecule has 0 spiro atoms. The van der Waals surface area contributed by atoms with Gasteiger partial charge in [0.15, 0.2) is 0 Å². The normalized spacial score (nSPS) is 17.2. The Labute approximate surface area is 133 Å². The number of benzene rings is 1. The molecule has 5 nitrogen and oxygen atoms in total. The van der Waals surface area contributed by atoms with Gasteiger partial charge in [0.25, 0.3) is 0 Å². The maximum Gasteiger partial charge on any atom is 0.416 e. The first-order chi connectivity index (χ1) is 10.8. The van der Waals surface area contributed by atoms with Crippen molar-refractivity contribution >= 4 is 11.7 Å². The lowest BCUT2D eigenvalue weighted by Gasteiger charge is -2.34. The van der Waals surface area contributed by atoms with Crippen molar-refractivity contribution in [1.29, 1.82) is 0 Å². The van der Waals surface area contributed by atoms with E-state index in [0.717, 1.165) is 38.8 Å². The van der Waals surface area contributed by atoms with E-state index in [4.69, 9.17) is 5.73 Å². The maximum absolute atomic E-state index is 13.2. The van der Waals surface area contributed by atoms with Crippen LogP contribution in [0.1, 0.15) is 18.1 Å². The number of piperazine rings is 1. The second-order valence-corrected chi connectivity index (χ2v) is 5.57. The van der Waals surface area contributed by atoms with Crippen molar-refractivity contribution in [3.8, 4) is 0 Å². The van der Waals surface area contributed by atoms with Gasteiger partial charge < -0.3 is 16.0 Å². The molecule has 0 radical (unpaired) electrons. The minimum atomic E-state index is -4.42. The van der Waals surface area contributed by atoms with Crippen molar-refractivity contribution in [1.82, 2.24) is 9.80 Å². The fourth-order valence-corrected chi connectivity index (χ4v) is 2.73. The Morgan fingerprint density at radius 1 is 1.22 bits per heavy atom. The van der Waals surface area contributed by atoms with Crippen LogP contribution in [-0.2, 0) is 12.7 Å². The third-order valence-corrected chi connectivity index (χ3v) is 3.98. The number of nitrogens with one attached hydrogen (secondary N) is 1. The fraction of sp³-hybridized carbons (Fsp3) is 0.533. The highest BCUT2D eigenvalue weighted by molar-refractivity contribution is 5.87. The summed E-state index contributed by atoms with van der Waals surface area (Å²) in [6.45, 7) is 6.34. The number of rotatable bonds is 4. The third kappa shape index (κ3) is 4.84. The number of carbonyl (C=O) groups is 1. The van der Waals surface area contributed by atoms with Gasteiger partial charge in [0.1, 0.15) is 0 Å². The van der Waals surface area contributed by atoms with Gasteiger partial charge in [0.2, 0.25) is 0 Å². The molecule has 1 heterocycles. The van der Waals surface area contributed by atoms with E-state index in [-0.39, 0.29) is 17.8 Å². The summed E-state index contributed by atoms with van der Waals surface area (Å²) in [5.41, 5.74) is 4.77. The topological polar surface area (TPSA) is 61.6 Å². The summed E-state index contributed by atoms with van der Waals surface area (Å²) < 4.78 is 39.5. The Bertz CT molecular complexity index is 554. The van der Waals surface area contributed by atoms with E-state index in [0.29, 0.717) is 0 Å². The number of carbonyl (C=O) groups excluding carboxylic acids is 1. The molecule has 2 rings (SSSR count). The summed E-state index contributed by atoms with van der Waals surface area (Å²) >= 11 is 0. The number of primary amides is 1. The molecule has 3 N–H and O–H groups in total. The summed E-state index contributed by atoms with van der Waals surface area (Å²) in [5.74, 6) is 0. The molecule has 0 aromatic heterocycles. The van der Waals surface area contributed by atoms with E-state index < -0.39 is 17.8 Å². The molecule has 0 aliphatic carbocycles. The van der Waals surface area contributed by atoms with Crippen LogP contribution < -0.4 is 11.1 Å². The lowest BCUT2D eigenvalue weighted by molar-refractivity contribution is -0.138. The number of amides is 2. The van der Waals surface area contributed by atoms with Gasteiger partial charge in [-0.1, -0.05) is 6.92 Å². The van der Waals surface area contributed by atoms with Gasteiger partial charge in [0, 0.05) is 38.4 Å². The molecule has 1 fully saturated rings. The Hall–Kier alpha value is -1.80. The van der Waals surface area contributed by atoms with Gasteiger partial charge in [0.05, 0.1) is 5.56 Å². The summed E-state index contributed by atoms with van der Waals surface area (Å²) in [4.78, 5) is 15.1. The predicted molar refractivity (Wildman–Crippen MR) is 82.0 cm³/mol. The summed E-state index contributed by atoms with van der Waals surface area (Å²) in [6, 6.07) is 2.75. The zero-order chi connectivity index (χ0) is 17.0. The molecule has 1 aliphatic heterocycles. The standard InChI is InChI=1S/C15H21F3N4O/c1-2-21-5-7-22(8-6-21)10-11-9-12(20-14(19)23)3-4-13(11)15(16,17)18/h3-4,9H,2,5-8,10H2,1H3,(H3,19,20,23). The zero-order valence-corrected chi connectivity index (χ0v) is 13.0. The minimum Gasteiger partial charge on any atom is -0.351 e. The molecule has 128 valence electrons. The first-order valence-corrected chi connectivity index (χ1v) is 7.51. The number of hydrogen-bond donors (Lipinski definition) is 2. The molecule has 1 aromatic carbocycles. The number of halogens is 3. The molecule has 1 saturated heterocycles. The van der Waals surface area contributed by atoms with Crippen molar-refractivity contribution in [3.05, 3.63) is 29.3 Å². The number of alkyl halides is 3. The molecule has 0 unspecified atom stereocenters. The van der Waals surface area contributed by atoms with Crippen molar-refractivity contribution in [3.63, 3.8) is 0 Å². The molecule has 1 aromatic rings. The van der Waals surface area contributed by atoms with Gasteiger partial charge in [-0.2, -0.15) is 13.2 Å². The molecule has 8 heteroatoms. The van der Waals surface area contributed by atoms with E-state index in [1.54, 1.807) is 0 Å². The Balaban J connectivity index is 2.18. The second kappa shape index (κ2) is 7.18.